The zero-order valence-electron chi connectivity index (χ0n) is 13.0. The summed E-state index contributed by atoms with van der Waals surface area (Å²) >= 11 is 5.88. The molecule has 1 amide bonds. The fourth-order valence-corrected chi connectivity index (χ4v) is 3.05. The maximum absolute atomic E-state index is 12.7. The number of piperidine rings is 1. The number of likely N-dealkylation sites (tertiary alicyclic amines) is 1. The van der Waals surface area contributed by atoms with Crippen LogP contribution in [0.4, 0.5) is 0 Å². The van der Waals surface area contributed by atoms with Crippen molar-refractivity contribution < 1.29 is 14.3 Å². The zero-order valence-corrected chi connectivity index (χ0v) is 13.8. The van der Waals surface area contributed by atoms with Gasteiger partial charge in [0.25, 0.3) is 0 Å². The molecule has 1 aliphatic rings. The molecule has 1 heterocycles. The minimum absolute atomic E-state index is 0.0186. The minimum atomic E-state index is -0.432. The van der Waals surface area contributed by atoms with Crippen LogP contribution in [0.5, 0.6) is 0 Å². The van der Waals surface area contributed by atoms with Crippen LogP contribution in [-0.2, 0) is 20.7 Å². The molecule has 1 saturated heterocycles. The van der Waals surface area contributed by atoms with Crippen molar-refractivity contribution in [3.63, 3.8) is 0 Å². The first-order valence-corrected chi connectivity index (χ1v) is 8.03. The summed E-state index contributed by atoms with van der Waals surface area (Å²) in [6.45, 7) is 2.53. The lowest BCUT2D eigenvalue weighted by Gasteiger charge is -2.35. The van der Waals surface area contributed by atoms with E-state index in [1.54, 1.807) is 4.90 Å². The molecule has 1 aromatic carbocycles. The third-order valence-electron chi connectivity index (χ3n) is 4.14. The van der Waals surface area contributed by atoms with Gasteiger partial charge >= 0.3 is 5.97 Å². The molecular weight excluding hydrogens is 302 g/mol. The number of amides is 1. The van der Waals surface area contributed by atoms with Gasteiger partial charge in [-0.2, -0.15) is 0 Å². The highest BCUT2D eigenvalue weighted by molar-refractivity contribution is 6.30. The van der Waals surface area contributed by atoms with Crippen LogP contribution < -0.4 is 0 Å². The van der Waals surface area contributed by atoms with E-state index in [2.05, 4.69) is 0 Å². The molecule has 2 rings (SSSR count). The topological polar surface area (TPSA) is 46.6 Å². The van der Waals surface area contributed by atoms with Crippen LogP contribution >= 0.6 is 11.6 Å². The fraction of sp³-hybridized carbons (Fsp3) is 0.529. The van der Waals surface area contributed by atoms with Gasteiger partial charge < -0.3 is 9.64 Å². The van der Waals surface area contributed by atoms with E-state index in [4.69, 9.17) is 16.3 Å². The first-order valence-electron chi connectivity index (χ1n) is 7.65. The molecule has 0 aliphatic carbocycles. The first kappa shape index (κ1) is 16.8. The largest absolute Gasteiger partial charge is 0.467 e. The van der Waals surface area contributed by atoms with Crippen molar-refractivity contribution in [2.75, 3.05) is 13.7 Å². The molecule has 0 radical (unpaired) electrons. The molecule has 1 aliphatic heterocycles. The second-order valence-corrected chi connectivity index (χ2v) is 6.23. The van der Waals surface area contributed by atoms with Crippen LogP contribution in [0.15, 0.2) is 24.3 Å². The lowest BCUT2D eigenvalue weighted by Crippen LogP contribution is -2.50. The van der Waals surface area contributed by atoms with E-state index in [1.807, 2.05) is 31.2 Å². The van der Waals surface area contributed by atoms with Crippen molar-refractivity contribution in [2.24, 2.45) is 5.92 Å². The van der Waals surface area contributed by atoms with Gasteiger partial charge in [0, 0.05) is 17.5 Å². The number of carbonyl (C=O) groups is 2. The predicted molar refractivity (Wildman–Crippen MR) is 85.7 cm³/mol. The van der Waals surface area contributed by atoms with Gasteiger partial charge in [0.15, 0.2) is 0 Å². The van der Waals surface area contributed by atoms with Crippen LogP contribution in [0.1, 0.15) is 31.7 Å². The van der Waals surface area contributed by atoms with Gasteiger partial charge in [-0.1, -0.05) is 30.7 Å². The number of hydrogen-bond donors (Lipinski definition) is 0. The second kappa shape index (κ2) is 7.63. The first-order chi connectivity index (χ1) is 10.5. The molecule has 22 heavy (non-hydrogen) atoms. The van der Waals surface area contributed by atoms with E-state index in [-0.39, 0.29) is 17.8 Å². The Bertz CT molecular complexity index is 529. The Morgan fingerprint density at radius 2 is 2.00 bits per heavy atom. The Morgan fingerprint density at radius 3 is 2.64 bits per heavy atom. The zero-order chi connectivity index (χ0) is 16.1. The van der Waals surface area contributed by atoms with E-state index >= 15 is 0 Å². The predicted octanol–water partition coefficient (Wildman–Crippen LogP) is 3.07. The van der Waals surface area contributed by atoms with Gasteiger partial charge in [-0.3, -0.25) is 4.79 Å². The van der Waals surface area contributed by atoms with E-state index in [0.29, 0.717) is 24.4 Å². The van der Waals surface area contributed by atoms with Crippen molar-refractivity contribution in [3.8, 4) is 0 Å². The molecular formula is C17H22ClNO3. The van der Waals surface area contributed by atoms with Gasteiger partial charge in [0.05, 0.1) is 7.11 Å². The van der Waals surface area contributed by atoms with Crippen LogP contribution in [0.2, 0.25) is 5.02 Å². The van der Waals surface area contributed by atoms with Crippen LogP contribution in [0.3, 0.4) is 0 Å². The van der Waals surface area contributed by atoms with Crippen LogP contribution in [-0.4, -0.2) is 36.5 Å². The molecule has 0 saturated carbocycles. The van der Waals surface area contributed by atoms with Crippen molar-refractivity contribution in [2.45, 2.75) is 38.6 Å². The summed E-state index contributed by atoms with van der Waals surface area (Å²) in [5, 5.41) is 0.685. The Hall–Kier alpha value is -1.55. The van der Waals surface area contributed by atoms with E-state index < -0.39 is 6.04 Å². The molecule has 4 nitrogen and oxygen atoms in total. The summed E-state index contributed by atoms with van der Waals surface area (Å²) in [7, 11) is 1.37. The van der Waals surface area contributed by atoms with Gasteiger partial charge in [0.2, 0.25) is 5.91 Å². The molecule has 1 fully saturated rings. The molecule has 1 aromatic rings. The molecule has 0 unspecified atom stereocenters. The van der Waals surface area contributed by atoms with E-state index in [0.717, 1.165) is 18.4 Å². The Balaban J connectivity index is 2.04. The summed E-state index contributed by atoms with van der Waals surface area (Å²) in [6.07, 6.45) is 3.22. The molecule has 0 bridgehead atoms. The van der Waals surface area contributed by atoms with Crippen LogP contribution in [0.25, 0.3) is 0 Å². The smallest absolute Gasteiger partial charge is 0.328 e. The minimum Gasteiger partial charge on any atom is -0.467 e. The highest BCUT2D eigenvalue weighted by atomic mass is 35.5. The van der Waals surface area contributed by atoms with Crippen molar-refractivity contribution in [3.05, 3.63) is 34.9 Å². The maximum atomic E-state index is 12.7. The Kier molecular flexibility index (Phi) is 5.83. The Labute approximate surface area is 136 Å². The monoisotopic (exact) mass is 323 g/mol. The summed E-state index contributed by atoms with van der Waals surface area (Å²) in [5.41, 5.74) is 1.07. The number of benzene rings is 1. The standard InChI is InChI=1S/C17H22ClNO3/c1-12(11-13-6-8-14(18)9-7-13)16(20)19-10-4-3-5-15(19)17(21)22-2/h6-9,12,15H,3-5,10-11H2,1-2H3/t12-,15+/m1/s1. The third kappa shape index (κ3) is 4.01. The number of rotatable bonds is 4. The molecule has 0 spiro atoms. The van der Waals surface area contributed by atoms with Crippen molar-refractivity contribution in [1.82, 2.24) is 4.90 Å². The maximum Gasteiger partial charge on any atom is 0.328 e. The summed E-state index contributed by atoms with van der Waals surface area (Å²) in [6, 6.07) is 7.08. The molecule has 2 atom stereocenters. The van der Waals surface area contributed by atoms with Crippen LogP contribution in [0, 0.1) is 5.92 Å². The summed E-state index contributed by atoms with van der Waals surface area (Å²) in [4.78, 5) is 26.3. The van der Waals surface area contributed by atoms with E-state index in [9.17, 15) is 9.59 Å². The fourth-order valence-electron chi connectivity index (χ4n) is 2.92. The SMILES string of the molecule is COC(=O)[C@@H]1CCCCN1C(=O)[C@H](C)Cc1ccc(Cl)cc1. The quantitative estimate of drug-likeness (QED) is 0.800. The number of nitrogens with zero attached hydrogens (tertiary/aromatic N) is 1. The van der Waals surface area contributed by atoms with Gasteiger partial charge in [-0.15, -0.1) is 0 Å². The van der Waals surface area contributed by atoms with Gasteiger partial charge in [-0.25, -0.2) is 4.79 Å². The van der Waals surface area contributed by atoms with Gasteiger partial charge in [0.1, 0.15) is 6.04 Å². The summed E-state index contributed by atoms with van der Waals surface area (Å²) < 4.78 is 4.83. The van der Waals surface area contributed by atoms with E-state index in [1.165, 1.54) is 7.11 Å². The highest BCUT2D eigenvalue weighted by Gasteiger charge is 2.34. The molecule has 0 N–H and O–H groups in total. The second-order valence-electron chi connectivity index (χ2n) is 5.80. The lowest BCUT2D eigenvalue weighted by atomic mass is 9.96. The molecule has 5 heteroatoms. The average Bonchev–Trinajstić information content (AvgIpc) is 2.55. The number of hydrogen-bond acceptors (Lipinski definition) is 3. The number of ether oxygens (including phenoxy) is 1. The van der Waals surface area contributed by atoms with Crippen molar-refractivity contribution >= 4 is 23.5 Å². The Morgan fingerprint density at radius 1 is 1.32 bits per heavy atom. The third-order valence-corrected chi connectivity index (χ3v) is 4.39. The number of halogens is 1. The lowest BCUT2D eigenvalue weighted by molar-refractivity contribution is -0.156. The average molecular weight is 324 g/mol. The number of methoxy groups -OCH3 is 1. The number of carbonyl (C=O) groups excluding carboxylic acids is 2. The number of esters is 1. The highest BCUT2D eigenvalue weighted by Crippen LogP contribution is 2.22. The summed E-state index contributed by atoms with van der Waals surface area (Å²) in [5.74, 6) is -0.469. The van der Waals surface area contributed by atoms with Gasteiger partial charge in [-0.05, 0) is 43.4 Å². The van der Waals surface area contributed by atoms with Crippen molar-refractivity contribution in [1.29, 1.82) is 0 Å². The normalized spacial score (nSPS) is 19.6. The molecule has 0 aromatic heterocycles. The molecule has 120 valence electrons.